The second kappa shape index (κ2) is 12.0. The molecule has 2 aromatic carbocycles. The average molecular weight is 544 g/mol. The molecule has 2 aliphatic heterocycles. The van der Waals surface area contributed by atoms with Gasteiger partial charge in [0.1, 0.15) is 0 Å². The van der Waals surface area contributed by atoms with Crippen LogP contribution in [0.3, 0.4) is 0 Å². The van der Waals surface area contributed by atoms with Gasteiger partial charge in [0.15, 0.2) is 0 Å². The maximum Gasteiger partial charge on any atom is 0.0672 e. The van der Waals surface area contributed by atoms with Crippen LogP contribution in [0.4, 0.5) is 0 Å². The van der Waals surface area contributed by atoms with E-state index >= 15 is 0 Å². The maximum absolute atomic E-state index is 11.2. The predicted molar refractivity (Wildman–Crippen MR) is 152 cm³/mol. The van der Waals surface area contributed by atoms with Crippen molar-refractivity contribution >= 4 is 34.5 Å². The number of thiophene rings is 1. The predicted octanol–water partition coefficient (Wildman–Crippen LogP) is 7.12. The minimum absolute atomic E-state index is 0.509. The molecule has 1 N–H and O–H groups in total. The summed E-state index contributed by atoms with van der Waals surface area (Å²) < 4.78 is 0. The van der Waals surface area contributed by atoms with Gasteiger partial charge in [-0.15, -0.1) is 0 Å². The molecular weight excluding hydrogens is 507 g/mol. The number of halogens is 2. The summed E-state index contributed by atoms with van der Waals surface area (Å²) in [6.07, 6.45) is 4.74. The summed E-state index contributed by atoms with van der Waals surface area (Å²) in [5, 5.41) is 17.2. The van der Waals surface area contributed by atoms with E-state index in [0.29, 0.717) is 16.9 Å². The molecule has 0 bridgehead atoms. The van der Waals surface area contributed by atoms with Crippen LogP contribution in [0.25, 0.3) is 0 Å². The zero-order valence-electron chi connectivity index (χ0n) is 20.8. The second-order valence-corrected chi connectivity index (χ2v) is 12.3. The highest BCUT2D eigenvalue weighted by atomic mass is 35.5. The fourth-order valence-corrected chi connectivity index (χ4v) is 7.22. The first-order valence-corrected chi connectivity index (χ1v) is 14.8. The first kappa shape index (κ1) is 26.2. The van der Waals surface area contributed by atoms with Crippen LogP contribution < -0.4 is 0 Å². The molecule has 0 saturated carbocycles. The lowest BCUT2D eigenvalue weighted by molar-refractivity contribution is -0.0316. The van der Waals surface area contributed by atoms with E-state index in [1.807, 2.05) is 12.1 Å². The number of piperidine rings is 1. The Balaban J connectivity index is 1.15. The lowest BCUT2D eigenvalue weighted by Crippen LogP contribution is -2.46. The summed E-state index contributed by atoms with van der Waals surface area (Å²) in [7, 11) is 0. The Bertz CT molecular complexity index is 1100. The highest BCUT2D eigenvalue weighted by Crippen LogP contribution is 2.37. The van der Waals surface area contributed by atoms with Crippen molar-refractivity contribution in [3.63, 3.8) is 0 Å². The van der Waals surface area contributed by atoms with Crippen LogP contribution in [0.2, 0.25) is 10.0 Å². The standard InChI is InChI=1S/C30H36Cl2N2OS/c31-27-9-8-24(29(32)17-27)18-34-20-26(28(21-34)25-10-16-36-22-25)19-33-14-12-30(35,13-15-33)11-4-7-23-5-2-1-3-6-23/h1-3,5-6,8-10,16-17,22,26,28,35H,4,7,11-15,18-21H2/t26-,28+/m0/s1. The number of benzene rings is 2. The van der Waals surface area contributed by atoms with Gasteiger partial charge >= 0.3 is 0 Å². The summed E-state index contributed by atoms with van der Waals surface area (Å²) in [5.74, 6) is 1.11. The fraction of sp³-hybridized carbons (Fsp3) is 0.467. The molecule has 0 aliphatic carbocycles. The second-order valence-electron chi connectivity index (χ2n) is 10.7. The smallest absolute Gasteiger partial charge is 0.0672 e. The normalized spacial score (nSPS) is 22.8. The number of aliphatic hydroxyl groups is 1. The summed E-state index contributed by atoms with van der Waals surface area (Å²) in [6.45, 7) is 6.03. The minimum atomic E-state index is -0.509. The number of likely N-dealkylation sites (tertiary alicyclic amines) is 2. The van der Waals surface area contributed by atoms with E-state index in [-0.39, 0.29) is 0 Å². The van der Waals surface area contributed by atoms with Crippen molar-refractivity contribution < 1.29 is 5.11 Å². The highest BCUT2D eigenvalue weighted by molar-refractivity contribution is 7.08. The summed E-state index contributed by atoms with van der Waals surface area (Å²) in [5.41, 5.74) is 3.46. The zero-order valence-corrected chi connectivity index (χ0v) is 23.1. The molecule has 5 rings (SSSR count). The third-order valence-electron chi connectivity index (χ3n) is 8.13. The molecule has 0 amide bonds. The molecular formula is C30H36Cl2N2OS. The largest absolute Gasteiger partial charge is 0.390 e. The molecule has 2 saturated heterocycles. The van der Waals surface area contributed by atoms with Gasteiger partial charge in [0.05, 0.1) is 5.60 Å². The Morgan fingerprint density at radius 3 is 2.50 bits per heavy atom. The van der Waals surface area contributed by atoms with Crippen molar-refractivity contribution in [1.29, 1.82) is 0 Å². The van der Waals surface area contributed by atoms with Crippen molar-refractivity contribution in [2.75, 3.05) is 32.7 Å². The van der Waals surface area contributed by atoms with Crippen LogP contribution >= 0.6 is 34.5 Å². The Hall–Kier alpha value is -1.40. The van der Waals surface area contributed by atoms with E-state index in [4.69, 9.17) is 23.2 Å². The Morgan fingerprint density at radius 1 is 0.972 bits per heavy atom. The monoisotopic (exact) mass is 542 g/mol. The van der Waals surface area contributed by atoms with Gasteiger partial charge in [-0.05, 0) is 83.7 Å². The SMILES string of the molecule is OC1(CCCc2ccccc2)CCN(C[C@H]2CN(Cc3ccc(Cl)cc3Cl)C[C@@H]2c2ccsc2)CC1. The highest BCUT2D eigenvalue weighted by Gasteiger charge is 2.38. The van der Waals surface area contributed by atoms with E-state index in [0.717, 1.165) is 82.0 Å². The van der Waals surface area contributed by atoms with Gasteiger partial charge in [0.2, 0.25) is 0 Å². The van der Waals surface area contributed by atoms with Crippen molar-refractivity contribution in [2.45, 2.75) is 50.2 Å². The van der Waals surface area contributed by atoms with Crippen molar-refractivity contribution in [3.05, 3.63) is 92.1 Å². The molecule has 2 fully saturated rings. The molecule has 6 heteroatoms. The molecule has 0 unspecified atom stereocenters. The number of hydrogen-bond acceptors (Lipinski definition) is 4. The molecule has 36 heavy (non-hydrogen) atoms. The fourth-order valence-electron chi connectivity index (χ4n) is 6.03. The average Bonchev–Trinajstić information content (AvgIpc) is 3.53. The quantitative estimate of drug-likeness (QED) is 0.311. The van der Waals surface area contributed by atoms with Crippen molar-refractivity contribution in [3.8, 4) is 0 Å². The number of hydrogen-bond donors (Lipinski definition) is 1. The van der Waals surface area contributed by atoms with Crippen LogP contribution in [0.1, 0.15) is 48.3 Å². The molecule has 2 atom stereocenters. The van der Waals surface area contributed by atoms with Crippen LogP contribution in [0.5, 0.6) is 0 Å². The topological polar surface area (TPSA) is 26.7 Å². The molecule has 3 aromatic rings. The van der Waals surface area contributed by atoms with Gasteiger partial charge in [-0.1, -0.05) is 59.6 Å². The van der Waals surface area contributed by atoms with Gasteiger partial charge in [0.25, 0.3) is 0 Å². The zero-order chi connectivity index (χ0) is 25.0. The lowest BCUT2D eigenvalue weighted by Gasteiger charge is -2.39. The molecule has 0 spiro atoms. The number of aryl methyl sites for hydroxylation is 1. The number of rotatable bonds is 9. The molecule has 1 aromatic heterocycles. The third-order valence-corrected chi connectivity index (χ3v) is 9.42. The van der Waals surface area contributed by atoms with Gasteiger partial charge in [-0.3, -0.25) is 4.90 Å². The maximum atomic E-state index is 11.2. The Kier molecular flexibility index (Phi) is 8.72. The van der Waals surface area contributed by atoms with E-state index in [2.05, 4.69) is 63.0 Å². The van der Waals surface area contributed by atoms with Gasteiger partial charge in [0, 0.05) is 55.2 Å². The van der Waals surface area contributed by atoms with Crippen LogP contribution in [0, 0.1) is 5.92 Å². The van der Waals surface area contributed by atoms with Gasteiger partial charge < -0.3 is 10.0 Å². The molecule has 2 aliphatic rings. The lowest BCUT2D eigenvalue weighted by atomic mass is 9.84. The van der Waals surface area contributed by atoms with Gasteiger partial charge in [-0.25, -0.2) is 0 Å². The van der Waals surface area contributed by atoms with Crippen molar-refractivity contribution in [1.82, 2.24) is 9.80 Å². The first-order valence-electron chi connectivity index (χ1n) is 13.1. The van der Waals surface area contributed by atoms with E-state index in [1.165, 1.54) is 11.1 Å². The molecule has 0 radical (unpaired) electrons. The summed E-state index contributed by atoms with van der Waals surface area (Å²) in [4.78, 5) is 5.14. The molecule has 192 valence electrons. The molecule has 3 heterocycles. The Morgan fingerprint density at radius 2 is 1.78 bits per heavy atom. The van der Waals surface area contributed by atoms with Crippen LogP contribution in [0.15, 0.2) is 65.4 Å². The van der Waals surface area contributed by atoms with Gasteiger partial charge in [-0.2, -0.15) is 11.3 Å². The Labute approximate surface area is 229 Å². The van der Waals surface area contributed by atoms with E-state index in [9.17, 15) is 5.11 Å². The van der Waals surface area contributed by atoms with Crippen LogP contribution in [-0.4, -0.2) is 53.2 Å². The van der Waals surface area contributed by atoms with Crippen molar-refractivity contribution in [2.24, 2.45) is 5.92 Å². The third kappa shape index (κ3) is 6.72. The van der Waals surface area contributed by atoms with Crippen LogP contribution in [-0.2, 0) is 13.0 Å². The minimum Gasteiger partial charge on any atom is -0.390 e. The summed E-state index contributed by atoms with van der Waals surface area (Å²) >= 11 is 14.4. The van der Waals surface area contributed by atoms with E-state index in [1.54, 1.807) is 11.3 Å². The number of nitrogens with zero attached hydrogens (tertiary/aromatic N) is 2. The summed E-state index contributed by atoms with van der Waals surface area (Å²) in [6, 6.07) is 18.7. The first-order chi connectivity index (χ1) is 17.5. The molecule has 3 nitrogen and oxygen atoms in total. The van der Waals surface area contributed by atoms with E-state index < -0.39 is 5.60 Å².